The highest BCUT2D eigenvalue weighted by molar-refractivity contribution is 7.91. The molecule has 0 aromatic heterocycles. The third kappa shape index (κ3) is 3.47. The molecule has 1 unspecified atom stereocenters. The zero-order chi connectivity index (χ0) is 15.5. The largest absolute Gasteiger partial charge is 0.497 e. The van der Waals surface area contributed by atoms with Gasteiger partial charge in [0.2, 0.25) is 0 Å². The van der Waals surface area contributed by atoms with Gasteiger partial charge in [-0.05, 0) is 37.6 Å². The fourth-order valence-electron chi connectivity index (χ4n) is 2.38. The summed E-state index contributed by atoms with van der Waals surface area (Å²) in [6.07, 6.45) is 0.209. The minimum atomic E-state index is -3.24. The Balaban J connectivity index is 2.26. The van der Waals surface area contributed by atoms with Crippen LogP contribution in [0.2, 0.25) is 0 Å². The van der Waals surface area contributed by atoms with Crippen LogP contribution < -0.4 is 10.1 Å². The highest BCUT2D eigenvalue weighted by atomic mass is 32.2. The molecule has 1 aromatic carbocycles. The zero-order valence-corrected chi connectivity index (χ0v) is 12.9. The second kappa shape index (κ2) is 5.93. The number of sulfone groups is 1. The Kier molecular flexibility index (Phi) is 4.41. The first-order chi connectivity index (χ1) is 9.91. The Morgan fingerprint density at radius 2 is 2.00 bits per heavy atom. The Hall–Kier alpha value is -1.76. The first-order valence-electron chi connectivity index (χ1n) is 6.71. The van der Waals surface area contributed by atoms with Crippen LogP contribution in [0.5, 0.6) is 5.75 Å². The quantitative estimate of drug-likeness (QED) is 0.823. The van der Waals surface area contributed by atoms with E-state index in [0.29, 0.717) is 11.4 Å². The molecular formula is C14H19NO5S. The first-order valence-corrected chi connectivity index (χ1v) is 8.53. The van der Waals surface area contributed by atoms with E-state index in [1.165, 1.54) is 0 Å². The van der Waals surface area contributed by atoms with E-state index in [1.54, 1.807) is 38.3 Å². The van der Waals surface area contributed by atoms with Crippen molar-refractivity contribution in [1.29, 1.82) is 0 Å². The number of hydrogen-bond donors (Lipinski definition) is 1. The molecule has 1 aliphatic rings. The minimum absolute atomic E-state index is 0.0189. The zero-order valence-electron chi connectivity index (χ0n) is 12.1. The van der Waals surface area contributed by atoms with Crippen LogP contribution in [0.4, 0.5) is 5.69 Å². The number of rotatable bonds is 5. The molecule has 1 saturated heterocycles. The third-order valence-corrected chi connectivity index (χ3v) is 5.20. The molecule has 1 N–H and O–H groups in total. The summed E-state index contributed by atoms with van der Waals surface area (Å²) in [6.45, 7) is 1.91. The molecular weight excluding hydrogens is 294 g/mol. The molecule has 1 heterocycles. The van der Waals surface area contributed by atoms with E-state index in [0.717, 1.165) is 0 Å². The van der Waals surface area contributed by atoms with E-state index in [2.05, 4.69) is 5.32 Å². The summed E-state index contributed by atoms with van der Waals surface area (Å²) >= 11 is 0. The number of nitrogens with one attached hydrogen (secondary N) is 1. The van der Waals surface area contributed by atoms with Crippen LogP contribution in [0.25, 0.3) is 0 Å². The summed E-state index contributed by atoms with van der Waals surface area (Å²) in [7, 11) is -1.68. The predicted octanol–water partition coefficient (Wildman–Crippen LogP) is 1.23. The molecule has 1 aliphatic heterocycles. The molecule has 0 spiro atoms. The lowest BCUT2D eigenvalue weighted by Crippen LogP contribution is -2.48. The van der Waals surface area contributed by atoms with Crippen molar-refractivity contribution in [2.24, 2.45) is 0 Å². The molecule has 1 atom stereocenters. The molecule has 2 rings (SSSR count). The van der Waals surface area contributed by atoms with Crippen LogP contribution in [0.15, 0.2) is 24.3 Å². The van der Waals surface area contributed by atoms with Crippen molar-refractivity contribution in [3.05, 3.63) is 24.3 Å². The van der Waals surface area contributed by atoms with E-state index in [-0.39, 0.29) is 24.5 Å². The van der Waals surface area contributed by atoms with E-state index in [9.17, 15) is 13.2 Å². The van der Waals surface area contributed by atoms with E-state index in [4.69, 9.17) is 9.47 Å². The van der Waals surface area contributed by atoms with Gasteiger partial charge in [-0.25, -0.2) is 13.2 Å². The molecule has 0 radical (unpaired) electrons. The molecule has 6 nitrogen and oxygen atoms in total. The fraction of sp³-hybridized carbons (Fsp3) is 0.500. The lowest BCUT2D eigenvalue weighted by molar-refractivity contribution is -0.147. The number of ether oxygens (including phenoxy) is 2. The topological polar surface area (TPSA) is 81.7 Å². The van der Waals surface area contributed by atoms with Crippen LogP contribution in [-0.2, 0) is 19.4 Å². The van der Waals surface area contributed by atoms with Crippen molar-refractivity contribution < 1.29 is 22.7 Å². The van der Waals surface area contributed by atoms with E-state index < -0.39 is 21.3 Å². The van der Waals surface area contributed by atoms with Gasteiger partial charge in [-0.3, -0.25) is 0 Å². The van der Waals surface area contributed by atoms with Crippen LogP contribution in [0, 0.1) is 0 Å². The Bertz CT molecular complexity index is 611. The third-order valence-electron chi connectivity index (χ3n) is 3.45. The van der Waals surface area contributed by atoms with Gasteiger partial charge in [-0.1, -0.05) is 0 Å². The van der Waals surface area contributed by atoms with Crippen molar-refractivity contribution in [2.45, 2.75) is 18.9 Å². The summed E-state index contributed by atoms with van der Waals surface area (Å²) in [5, 5.41) is 3.04. The van der Waals surface area contributed by atoms with Crippen LogP contribution >= 0.6 is 0 Å². The number of anilines is 1. The van der Waals surface area contributed by atoms with Gasteiger partial charge in [0, 0.05) is 5.69 Å². The van der Waals surface area contributed by atoms with Crippen LogP contribution in [0.3, 0.4) is 0 Å². The normalized spacial score (nSPS) is 23.5. The Labute approximate surface area is 124 Å². The monoisotopic (exact) mass is 313 g/mol. The summed E-state index contributed by atoms with van der Waals surface area (Å²) in [4.78, 5) is 12.2. The van der Waals surface area contributed by atoms with Crippen molar-refractivity contribution in [2.75, 3.05) is 30.5 Å². The number of carbonyl (C=O) groups excluding carboxylic acids is 1. The lowest BCUT2D eigenvalue weighted by atomic mass is 9.98. The molecule has 1 fully saturated rings. The number of carbonyl (C=O) groups is 1. The van der Waals surface area contributed by atoms with Gasteiger partial charge in [0.15, 0.2) is 15.4 Å². The Morgan fingerprint density at radius 3 is 2.48 bits per heavy atom. The fourth-order valence-corrected chi connectivity index (χ4v) is 4.27. The first kappa shape index (κ1) is 15.6. The SMILES string of the molecule is CCOC(=O)C1(Nc2ccc(OC)cc2)CCS(=O)(=O)C1. The van der Waals surface area contributed by atoms with Gasteiger partial charge in [0.05, 0.1) is 25.2 Å². The molecule has 0 bridgehead atoms. The smallest absolute Gasteiger partial charge is 0.332 e. The van der Waals surface area contributed by atoms with E-state index >= 15 is 0 Å². The van der Waals surface area contributed by atoms with Crippen LogP contribution in [0.1, 0.15) is 13.3 Å². The minimum Gasteiger partial charge on any atom is -0.497 e. The summed E-state index contributed by atoms with van der Waals surface area (Å²) in [5.74, 6) is -0.105. The predicted molar refractivity (Wildman–Crippen MR) is 79.3 cm³/mol. The highest BCUT2D eigenvalue weighted by Gasteiger charge is 2.49. The Morgan fingerprint density at radius 1 is 1.33 bits per heavy atom. The summed E-state index contributed by atoms with van der Waals surface area (Å²) in [6, 6.07) is 6.96. The van der Waals surface area contributed by atoms with Gasteiger partial charge in [0.1, 0.15) is 5.75 Å². The average molecular weight is 313 g/mol. The summed E-state index contributed by atoms with van der Waals surface area (Å²) in [5.41, 5.74) is -0.551. The van der Waals surface area contributed by atoms with Crippen LogP contribution in [-0.4, -0.2) is 45.1 Å². The maximum absolute atomic E-state index is 12.2. The number of benzene rings is 1. The van der Waals surface area contributed by atoms with Gasteiger partial charge < -0.3 is 14.8 Å². The second-order valence-corrected chi connectivity index (χ2v) is 7.18. The van der Waals surface area contributed by atoms with Crippen molar-refractivity contribution >= 4 is 21.5 Å². The average Bonchev–Trinajstić information content (AvgIpc) is 2.76. The number of methoxy groups -OCH3 is 1. The number of esters is 1. The molecule has 1 aromatic rings. The van der Waals surface area contributed by atoms with E-state index in [1.807, 2.05) is 0 Å². The molecule has 116 valence electrons. The maximum Gasteiger partial charge on any atom is 0.332 e. The second-order valence-electron chi connectivity index (χ2n) is 5.00. The van der Waals surface area contributed by atoms with Gasteiger partial charge in [-0.15, -0.1) is 0 Å². The van der Waals surface area contributed by atoms with Crippen molar-refractivity contribution in [1.82, 2.24) is 0 Å². The summed E-state index contributed by atoms with van der Waals surface area (Å²) < 4.78 is 33.7. The maximum atomic E-state index is 12.2. The van der Waals surface area contributed by atoms with Gasteiger partial charge >= 0.3 is 5.97 Å². The lowest BCUT2D eigenvalue weighted by Gasteiger charge is -2.27. The van der Waals surface area contributed by atoms with Crippen molar-refractivity contribution in [3.63, 3.8) is 0 Å². The molecule has 0 amide bonds. The molecule has 21 heavy (non-hydrogen) atoms. The molecule has 7 heteroatoms. The van der Waals surface area contributed by atoms with Crippen molar-refractivity contribution in [3.8, 4) is 5.75 Å². The molecule has 0 saturated carbocycles. The van der Waals surface area contributed by atoms with Gasteiger partial charge in [-0.2, -0.15) is 0 Å². The standard InChI is InChI=1S/C14H19NO5S/c1-3-20-13(16)14(8-9-21(17,18)10-14)15-11-4-6-12(19-2)7-5-11/h4-7,15H,3,8-10H2,1-2H3. The highest BCUT2D eigenvalue weighted by Crippen LogP contribution is 2.30. The number of hydrogen-bond acceptors (Lipinski definition) is 6. The van der Waals surface area contributed by atoms with Gasteiger partial charge in [0.25, 0.3) is 0 Å². The molecule has 0 aliphatic carbocycles.